The van der Waals surface area contributed by atoms with Crippen molar-refractivity contribution in [3.05, 3.63) is 81.1 Å². The predicted octanol–water partition coefficient (Wildman–Crippen LogP) is 1.39. The second-order valence-corrected chi connectivity index (χ2v) is 7.16. The van der Waals surface area contributed by atoms with Crippen molar-refractivity contribution in [3.8, 4) is 0 Å². The van der Waals surface area contributed by atoms with Crippen molar-refractivity contribution in [2.24, 2.45) is 0 Å². The number of hydrogen-bond acceptors (Lipinski definition) is 6. The van der Waals surface area contributed by atoms with Gasteiger partial charge in [0.2, 0.25) is 0 Å². The lowest BCUT2D eigenvalue weighted by molar-refractivity contribution is -0.192. The monoisotopic (exact) mass is 384 g/mol. The zero-order valence-electron chi connectivity index (χ0n) is 15.4. The van der Waals surface area contributed by atoms with Gasteiger partial charge in [0.25, 0.3) is 5.56 Å². The average molecular weight is 384 g/mol. The van der Waals surface area contributed by atoms with Gasteiger partial charge in [0, 0.05) is 17.8 Å². The van der Waals surface area contributed by atoms with E-state index in [1.54, 1.807) is 44.2 Å². The number of ether oxygens (including phenoxy) is 3. The number of carbonyl (C=O) groups is 1. The normalized spacial score (nSPS) is 28.5. The summed E-state index contributed by atoms with van der Waals surface area (Å²) in [5.74, 6) is -1.03. The van der Waals surface area contributed by atoms with E-state index >= 15 is 0 Å². The molecule has 2 aromatic rings. The molecule has 1 aromatic carbocycles. The fraction of sp³-hybridized carbons (Fsp3) is 0.350. The summed E-state index contributed by atoms with van der Waals surface area (Å²) in [7, 11) is 0. The second kappa shape index (κ2) is 6.97. The number of allylic oxidation sites excluding steroid dienone is 1. The van der Waals surface area contributed by atoms with Crippen LogP contribution in [0.15, 0.2) is 64.3 Å². The summed E-state index contributed by atoms with van der Waals surface area (Å²) in [6.07, 6.45) is 1.96. The lowest BCUT2D eigenvalue weighted by Gasteiger charge is -2.24. The highest BCUT2D eigenvalue weighted by atomic mass is 16.8. The molecule has 0 bridgehead atoms. The Morgan fingerprint density at radius 3 is 2.54 bits per heavy atom. The number of aromatic nitrogens is 2. The Kier molecular flexibility index (Phi) is 4.62. The van der Waals surface area contributed by atoms with Crippen molar-refractivity contribution < 1.29 is 19.0 Å². The number of aromatic amines is 1. The Hall–Kier alpha value is -2.81. The predicted molar refractivity (Wildman–Crippen MR) is 99.0 cm³/mol. The van der Waals surface area contributed by atoms with Gasteiger partial charge in [-0.25, -0.2) is 4.79 Å². The van der Waals surface area contributed by atoms with Crippen LogP contribution < -0.4 is 11.2 Å². The number of nitrogens with one attached hydrogen (secondary N) is 1. The molecule has 146 valence electrons. The van der Waals surface area contributed by atoms with E-state index in [-0.39, 0.29) is 5.78 Å². The third kappa shape index (κ3) is 3.49. The van der Waals surface area contributed by atoms with Crippen LogP contribution in [0.4, 0.5) is 0 Å². The molecule has 2 fully saturated rings. The molecule has 1 aromatic heterocycles. The summed E-state index contributed by atoms with van der Waals surface area (Å²) in [5.41, 5.74) is -0.537. The number of fused-ring (bicyclic) bond motifs is 1. The number of H-pyrrole nitrogens is 1. The van der Waals surface area contributed by atoms with E-state index in [0.29, 0.717) is 5.56 Å². The number of ketones is 1. The first kappa shape index (κ1) is 18.5. The topological polar surface area (TPSA) is 99.6 Å². The Morgan fingerprint density at radius 2 is 1.82 bits per heavy atom. The summed E-state index contributed by atoms with van der Waals surface area (Å²) in [4.78, 5) is 38.1. The highest BCUT2D eigenvalue weighted by molar-refractivity contribution is 6.04. The molecule has 1 N–H and O–H groups in total. The fourth-order valence-electron chi connectivity index (χ4n) is 3.49. The first-order valence-corrected chi connectivity index (χ1v) is 8.94. The maximum Gasteiger partial charge on any atom is 0.330 e. The van der Waals surface area contributed by atoms with Crippen LogP contribution in [0.3, 0.4) is 0 Å². The molecule has 2 aliphatic heterocycles. The van der Waals surface area contributed by atoms with Gasteiger partial charge in [0.1, 0.15) is 18.3 Å². The van der Waals surface area contributed by atoms with Crippen LogP contribution in [0, 0.1) is 0 Å². The van der Waals surface area contributed by atoms with E-state index in [1.807, 2.05) is 6.07 Å². The molecule has 4 atom stereocenters. The zero-order chi connectivity index (χ0) is 19.9. The number of benzene rings is 1. The molecule has 0 saturated carbocycles. The van der Waals surface area contributed by atoms with Crippen LogP contribution in [0.1, 0.15) is 30.4 Å². The molecule has 4 rings (SSSR count). The molecular formula is C20H20N2O6. The van der Waals surface area contributed by atoms with Crippen LogP contribution in [0.2, 0.25) is 0 Å². The first-order valence-electron chi connectivity index (χ1n) is 8.94. The molecule has 2 saturated heterocycles. The summed E-state index contributed by atoms with van der Waals surface area (Å²) < 4.78 is 19.1. The number of carbonyl (C=O) groups excluding carboxylic acids is 1. The van der Waals surface area contributed by atoms with E-state index in [4.69, 9.17) is 14.2 Å². The van der Waals surface area contributed by atoms with Crippen LogP contribution in [0.5, 0.6) is 0 Å². The van der Waals surface area contributed by atoms with Gasteiger partial charge in [-0.05, 0) is 26.0 Å². The van der Waals surface area contributed by atoms with Gasteiger partial charge >= 0.3 is 5.69 Å². The summed E-state index contributed by atoms with van der Waals surface area (Å²) in [6, 6.07) is 10.1. The summed E-state index contributed by atoms with van der Waals surface area (Å²) in [5, 5.41) is 0. The number of rotatable bonds is 4. The fourth-order valence-corrected chi connectivity index (χ4v) is 3.49. The van der Waals surface area contributed by atoms with Gasteiger partial charge in [0.15, 0.2) is 17.8 Å². The van der Waals surface area contributed by atoms with Crippen LogP contribution in [0.25, 0.3) is 0 Å². The standard InChI is InChI=1S/C20H20N2O6/c1-20(2)27-16-14(9-8-13(23)12-6-4-3-5-7-12)26-18(17(16)28-20)22-11-10-15(24)21-19(22)25/h3-11,14,16-18H,1-2H3,(H,21,24,25)/b9-8+. The van der Waals surface area contributed by atoms with Crippen molar-refractivity contribution in [2.75, 3.05) is 0 Å². The minimum absolute atomic E-state index is 0.163. The van der Waals surface area contributed by atoms with Crippen molar-refractivity contribution in [2.45, 2.75) is 44.2 Å². The van der Waals surface area contributed by atoms with Crippen LogP contribution in [-0.2, 0) is 14.2 Å². The molecule has 0 spiro atoms. The minimum Gasteiger partial charge on any atom is -0.345 e. The quantitative estimate of drug-likeness (QED) is 0.632. The van der Waals surface area contributed by atoms with Crippen LogP contribution in [-0.4, -0.2) is 39.4 Å². The Bertz CT molecular complexity index is 1020. The number of nitrogens with zero attached hydrogens (tertiary/aromatic N) is 1. The van der Waals surface area contributed by atoms with E-state index in [1.165, 1.54) is 22.9 Å². The van der Waals surface area contributed by atoms with E-state index in [0.717, 1.165) is 0 Å². The maximum absolute atomic E-state index is 12.4. The summed E-state index contributed by atoms with van der Waals surface area (Å²) >= 11 is 0. The Morgan fingerprint density at radius 1 is 1.11 bits per heavy atom. The molecule has 0 amide bonds. The van der Waals surface area contributed by atoms with E-state index in [9.17, 15) is 14.4 Å². The highest BCUT2D eigenvalue weighted by Gasteiger charge is 2.55. The van der Waals surface area contributed by atoms with Gasteiger partial charge in [-0.3, -0.25) is 19.1 Å². The molecule has 0 aliphatic carbocycles. The molecule has 28 heavy (non-hydrogen) atoms. The Labute approximate surface area is 160 Å². The van der Waals surface area contributed by atoms with E-state index < -0.39 is 41.6 Å². The molecule has 3 heterocycles. The van der Waals surface area contributed by atoms with Gasteiger partial charge in [0.05, 0.1) is 0 Å². The third-order valence-corrected chi connectivity index (χ3v) is 4.69. The largest absolute Gasteiger partial charge is 0.345 e. The van der Waals surface area contributed by atoms with Crippen molar-refractivity contribution in [1.29, 1.82) is 0 Å². The minimum atomic E-state index is -0.862. The second-order valence-electron chi connectivity index (χ2n) is 7.16. The van der Waals surface area contributed by atoms with E-state index in [2.05, 4.69) is 4.98 Å². The van der Waals surface area contributed by atoms with Gasteiger partial charge in [-0.2, -0.15) is 0 Å². The molecule has 8 nitrogen and oxygen atoms in total. The number of hydrogen-bond donors (Lipinski definition) is 1. The molecule has 8 heteroatoms. The SMILES string of the molecule is CC1(C)OC2C(/C=C/C(=O)c3ccccc3)OC(n3ccc(=O)[nH]c3=O)C2O1. The highest BCUT2D eigenvalue weighted by Crippen LogP contribution is 2.42. The lowest BCUT2D eigenvalue weighted by atomic mass is 10.1. The smallest absolute Gasteiger partial charge is 0.330 e. The molecule has 4 unspecified atom stereocenters. The molecule has 0 radical (unpaired) electrons. The van der Waals surface area contributed by atoms with Crippen LogP contribution >= 0.6 is 0 Å². The molecule has 2 aliphatic rings. The Balaban J connectivity index is 1.62. The molecular weight excluding hydrogens is 364 g/mol. The summed E-state index contributed by atoms with van der Waals surface area (Å²) in [6.45, 7) is 3.54. The van der Waals surface area contributed by atoms with Gasteiger partial charge in [-0.1, -0.05) is 30.3 Å². The van der Waals surface area contributed by atoms with Crippen molar-refractivity contribution in [3.63, 3.8) is 0 Å². The lowest BCUT2D eigenvalue weighted by Crippen LogP contribution is -2.37. The van der Waals surface area contributed by atoms with Crippen molar-refractivity contribution >= 4 is 5.78 Å². The van der Waals surface area contributed by atoms with Gasteiger partial charge in [-0.15, -0.1) is 0 Å². The third-order valence-electron chi connectivity index (χ3n) is 4.69. The maximum atomic E-state index is 12.4. The zero-order valence-corrected chi connectivity index (χ0v) is 15.4. The first-order chi connectivity index (χ1) is 13.3. The average Bonchev–Trinajstić information content (AvgIpc) is 3.14. The van der Waals surface area contributed by atoms with Crippen molar-refractivity contribution in [1.82, 2.24) is 9.55 Å². The van der Waals surface area contributed by atoms with Gasteiger partial charge < -0.3 is 14.2 Å².